The molecule has 3 aromatic rings. The second-order valence-electron chi connectivity index (χ2n) is 8.11. The Labute approximate surface area is 193 Å². The van der Waals surface area contributed by atoms with E-state index in [0.29, 0.717) is 47.9 Å². The first kappa shape index (κ1) is 23.2. The predicted octanol–water partition coefficient (Wildman–Crippen LogP) is 4.22. The Bertz CT molecular complexity index is 1090. The molecule has 1 fully saturated rings. The predicted molar refractivity (Wildman–Crippen MR) is 125 cm³/mol. The van der Waals surface area contributed by atoms with Crippen LogP contribution in [0, 0.1) is 6.92 Å². The molecular weight excluding hydrogens is 444 g/mol. The van der Waals surface area contributed by atoms with Crippen LogP contribution >= 0.6 is 10.6 Å². The van der Waals surface area contributed by atoms with Gasteiger partial charge in [-0.1, -0.05) is 12.1 Å². The van der Waals surface area contributed by atoms with Crippen molar-refractivity contribution in [3.63, 3.8) is 0 Å². The van der Waals surface area contributed by atoms with E-state index < -0.39 is 10.6 Å². The molecule has 4 heterocycles. The third-order valence-electron chi connectivity index (χ3n) is 5.66. The average Bonchev–Trinajstić information content (AvgIpc) is 3.23. The van der Waals surface area contributed by atoms with Crippen LogP contribution in [0.5, 0.6) is 5.88 Å². The topological polar surface area (TPSA) is 131 Å². The number of rotatable bonds is 7. The summed E-state index contributed by atoms with van der Waals surface area (Å²) in [7, 11) is -2.47. The van der Waals surface area contributed by atoms with E-state index in [1.807, 2.05) is 26.0 Å². The Morgan fingerprint density at radius 3 is 2.61 bits per heavy atom. The van der Waals surface area contributed by atoms with Crippen molar-refractivity contribution >= 4 is 16.5 Å². The number of nitrogens with one attached hydrogen (secondary N) is 1. The molecule has 0 unspecified atom stereocenters. The highest BCUT2D eigenvalue weighted by atomic mass is 32.3. The number of pyridine rings is 2. The third-order valence-corrected chi connectivity index (χ3v) is 7.44. The third kappa shape index (κ3) is 5.70. The summed E-state index contributed by atoms with van der Waals surface area (Å²) < 4.78 is 30.8. The summed E-state index contributed by atoms with van der Waals surface area (Å²) in [5.41, 5.74) is 3.73. The Hall–Kier alpha value is -2.95. The van der Waals surface area contributed by atoms with E-state index in [-0.39, 0.29) is 18.6 Å². The van der Waals surface area contributed by atoms with Gasteiger partial charge in [0.2, 0.25) is 5.88 Å². The zero-order valence-corrected chi connectivity index (χ0v) is 19.5. The Morgan fingerprint density at radius 1 is 1.18 bits per heavy atom. The molecule has 0 radical (unpaired) electrons. The van der Waals surface area contributed by atoms with E-state index in [2.05, 4.69) is 20.4 Å². The van der Waals surface area contributed by atoms with Gasteiger partial charge in [-0.3, -0.25) is 18.9 Å². The first-order chi connectivity index (χ1) is 15.8. The highest BCUT2D eigenvalue weighted by Crippen LogP contribution is 2.43. The van der Waals surface area contributed by atoms with Crippen LogP contribution in [0.15, 0.2) is 41.2 Å². The molecule has 0 aliphatic carbocycles. The van der Waals surface area contributed by atoms with Gasteiger partial charge in [0.1, 0.15) is 18.1 Å². The van der Waals surface area contributed by atoms with Gasteiger partial charge in [0.05, 0.1) is 11.1 Å². The Kier molecular flexibility index (Phi) is 6.96. The van der Waals surface area contributed by atoms with Gasteiger partial charge in [-0.05, 0) is 38.0 Å². The average molecular weight is 473 g/mol. The fourth-order valence-corrected chi connectivity index (χ4v) is 5.20. The van der Waals surface area contributed by atoms with Gasteiger partial charge in [-0.15, -0.1) is 0 Å². The molecule has 3 N–H and O–H groups in total. The number of hydrogen-bond acceptors (Lipinski definition) is 8. The fraction of sp³-hybridized carbons (Fsp3) is 0.391. The van der Waals surface area contributed by atoms with Gasteiger partial charge in [-0.2, -0.15) is 10.6 Å². The van der Waals surface area contributed by atoms with Gasteiger partial charge < -0.3 is 14.6 Å². The lowest BCUT2D eigenvalue weighted by atomic mass is 10.1. The molecule has 33 heavy (non-hydrogen) atoms. The second-order valence-corrected chi connectivity index (χ2v) is 10.5. The number of amides is 1. The summed E-state index contributed by atoms with van der Waals surface area (Å²) in [5, 5.41) is 7.14. The van der Waals surface area contributed by atoms with E-state index in [0.717, 1.165) is 22.6 Å². The van der Waals surface area contributed by atoms with Crippen LogP contribution in [0.3, 0.4) is 0 Å². The molecule has 0 aromatic carbocycles. The molecule has 4 rings (SSSR count). The molecule has 0 saturated carbocycles. The normalized spacial score (nSPS) is 16.8. The minimum absolute atomic E-state index is 0.0657. The number of carbonyl (C=O) groups is 1. The quantitative estimate of drug-likeness (QED) is 0.466. The van der Waals surface area contributed by atoms with Crippen LogP contribution in [0.25, 0.3) is 11.3 Å². The number of ether oxygens (including phenoxy) is 1. The standard InChI is InChI=1S/C23H28N4O5S/c1-3-20-19(22(27-32-20)16-5-4-15(2)24-12-16)14-31-21-7-6-17(13-25-21)23(28)26-18-8-10-33(29,30)11-9-18/h4-7,12-13,18,29-30H,3,8-11,14H2,1-2H3,(H,26,28). The van der Waals surface area contributed by atoms with Crippen LogP contribution in [-0.2, 0) is 13.0 Å². The van der Waals surface area contributed by atoms with Crippen molar-refractivity contribution in [2.75, 3.05) is 11.5 Å². The molecular formula is C23H28N4O5S. The molecule has 9 nitrogen and oxygen atoms in total. The minimum atomic E-state index is -2.47. The van der Waals surface area contributed by atoms with E-state index in [1.54, 1.807) is 18.3 Å². The van der Waals surface area contributed by atoms with Crippen molar-refractivity contribution in [2.45, 2.75) is 45.8 Å². The molecule has 0 atom stereocenters. The number of nitrogens with zero attached hydrogens (tertiary/aromatic N) is 3. The zero-order chi connectivity index (χ0) is 23.4. The highest BCUT2D eigenvalue weighted by molar-refractivity contribution is 8.24. The molecule has 1 saturated heterocycles. The van der Waals surface area contributed by atoms with Crippen molar-refractivity contribution in [3.8, 4) is 17.1 Å². The maximum absolute atomic E-state index is 12.5. The first-order valence-corrected chi connectivity index (χ1v) is 12.8. The van der Waals surface area contributed by atoms with Crippen molar-refractivity contribution in [1.82, 2.24) is 20.4 Å². The SMILES string of the molecule is CCc1onc(-c2ccc(C)nc2)c1COc1ccc(C(=O)NC2CCS(O)(O)CC2)cn1. The lowest BCUT2D eigenvalue weighted by Gasteiger charge is -2.39. The highest BCUT2D eigenvalue weighted by Gasteiger charge is 2.25. The summed E-state index contributed by atoms with van der Waals surface area (Å²) in [6.45, 7) is 4.14. The smallest absolute Gasteiger partial charge is 0.253 e. The van der Waals surface area contributed by atoms with E-state index in [1.165, 1.54) is 6.20 Å². The van der Waals surface area contributed by atoms with Crippen LogP contribution in [0.1, 0.15) is 47.1 Å². The molecule has 10 heteroatoms. The summed E-state index contributed by atoms with van der Waals surface area (Å²) in [5.74, 6) is 1.54. The van der Waals surface area contributed by atoms with Crippen molar-refractivity contribution in [2.24, 2.45) is 0 Å². The molecule has 1 aliphatic rings. The fourth-order valence-electron chi connectivity index (χ4n) is 3.67. The maximum Gasteiger partial charge on any atom is 0.253 e. The summed E-state index contributed by atoms with van der Waals surface area (Å²) in [4.78, 5) is 21.1. The van der Waals surface area contributed by atoms with Gasteiger partial charge in [0.15, 0.2) is 0 Å². The number of hydrogen-bond donors (Lipinski definition) is 3. The second kappa shape index (κ2) is 9.90. The number of aromatic nitrogens is 3. The summed E-state index contributed by atoms with van der Waals surface area (Å²) >= 11 is 0. The van der Waals surface area contributed by atoms with Crippen LogP contribution in [0.2, 0.25) is 0 Å². The largest absolute Gasteiger partial charge is 0.473 e. The minimum Gasteiger partial charge on any atom is -0.473 e. The van der Waals surface area contributed by atoms with Gasteiger partial charge >= 0.3 is 0 Å². The van der Waals surface area contributed by atoms with E-state index in [4.69, 9.17) is 9.26 Å². The Morgan fingerprint density at radius 2 is 1.97 bits per heavy atom. The molecule has 1 aliphatic heterocycles. The monoisotopic (exact) mass is 472 g/mol. The Balaban J connectivity index is 1.38. The molecule has 0 bridgehead atoms. The molecule has 0 spiro atoms. The first-order valence-electron chi connectivity index (χ1n) is 10.9. The van der Waals surface area contributed by atoms with Crippen molar-refractivity contribution in [3.05, 3.63) is 59.2 Å². The molecule has 1 amide bonds. The number of aryl methyl sites for hydroxylation is 2. The van der Waals surface area contributed by atoms with Gasteiger partial charge in [0, 0.05) is 53.7 Å². The van der Waals surface area contributed by atoms with Gasteiger partial charge in [-0.25, -0.2) is 4.98 Å². The summed E-state index contributed by atoms with van der Waals surface area (Å²) in [6.07, 6.45) is 5.02. The van der Waals surface area contributed by atoms with E-state index >= 15 is 0 Å². The lowest BCUT2D eigenvalue weighted by molar-refractivity contribution is 0.0933. The molecule has 176 valence electrons. The lowest BCUT2D eigenvalue weighted by Crippen LogP contribution is -2.39. The van der Waals surface area contributed by atoms with Crippen molar-refractivity contribution in [1.29, 1.82) is 0 Å². The van der Waals surface area contributed by atoms with Crippen LogP contribution < -0.4 is 10.1 Å². The molecule has 3 aromatic heterocycles. The summed E-state index contributed by atoms with van der Waals surface area (Å²) in [6, 6.07) is 7.11. The van der Waals surface area contributed by atoms with Crippen molar-refractivity contribution < 1.29 is 23.2 Å². The van der Waals surface area contributed by atoms with Crippen LogP contribution in [-0.4, -0.2) is 47.7 Å². The number of carbonyl (C=O) groups excluding carboxylic acids is 1. The van der Waals surface area contributed by atoms with Gasteiger partial charge in [0.25, 0.3) is 5.91 Å². The maximum atomic E-state index is 12.5. The zero-order valence-electron chi connectivity index (χ0n) is 18.7. The van der Waals surface area contributed by atoms with E-state index in [9.17, 15) is 13.9 Å². The van der Waals surface area contributed by atoms with Crippen LogP contribution in [0.4, 0.5) is 0 Å².